The van der Waals surface area contributed by atoms with E-state index in [0.717, 1.165) is 11.4 Å². The van der Waals surface area contributed by atoms with Crippen molar-refractivity contribution in [3.63, 3.8) is 0 Å². The van der Waals surface area contributed by atoms with Crippen molar-refractivity contribution in [1.29, 1.82) is 0 Å². The molecule has 0 unspecified atom stereocenters. The molecule has 5 nitrogen and oxygen atoms in total. The Morgan fingerprint density at radius 2 is 1.61 bits per heavy atom. The number of rotatable bonds is 7. The van der Waals surface area contributed by atoms with Gasteiger partial charge in [0, 0.05) is 12.7 Å². The lowest BCUT2D eigenvalue weighted by atomic mass is 10.3. The highest BCUT2D eigenvalue weighted by Gasteiger charge is 2.11. The Balaban J connectivity index is 1.68. The largest absolute Gasteiger partial charge is 0.493 e. The number of carbonyl (C=O) groups excluding carboxylic acids is 2. The van der Waals surface area contributed by atoms with Crippen molar-refractivity contribution >= 4 is 17.5 Å². The standard InChI is InChI=1S/C18H20N2O3/c1-20(15-8-4-2-5-9-15)18(22)14-19-17(21)12-13-23-16-10-6-3-7-11-16/h2-11H,12-14H2,1H3,(H,19,21). The Kier molecular flexibility index (Phi) is 6.17. The Morgan fingerprint density at radius 1 is 1.00 bits per heavy atom. The number of nitrogens with zero attached hydrogens (tertiary/aromatic N) is 1. The van der Waals surface area contributed by atoms with Crippen LogP contribution in [-0.4, -0.2) is 32.0 Å². The summed E-state index contributed by atoms with van der Waals surface area (Å²) < 4.78 is 5.44. The van der Waals surface area contributed by atoms with E-state index in [4.69, 9.17) is 4.74 Å². The van der Waals surface area contributed by atoms with Crippen LogP contribution in [0.1, 0.15) is 6.42 Å². The van der Waals surface area contributed by atoms with Crippen LogP contribution >= 0.6 is 0 Å². The third-order valence-corrected chi connectivity index (χ3v) is 3.30. The number of ether oxygens (including phenoxy) is 1. The summed E-state index contributed by atoms with van der Waals surface area (Å²) in [6, 6.07) is 18.6. The van der Waals surface area contributed by atoms with Gasteiger partial charge in [0.05, 0.1) is 19.6 Å². The van der Waals surface area contributed by atoms with Crippen LogP contribution in [0.4, 0.5) is 5.69 Å². The van der Waals surface area contributed by atoms with E-state index in [0.29, 0.717) is 0 Å². The number of carbonyl (C=O) groups is 2. The molecule has 0 aromatic heterocycles. The predicted octanol–water partition coefficient (Wildman–Crippen LogP) is 2.23. The van der Waals surface area contributed by atoms with Crippen molar-refractivity contribution < 1.29 is 14.3 Å². The molecule has 2 amide bonds. The molecule has 0 aliphatic rings. The second kappa shape index (κ2) is 8.58. The van der Waals surface area contributed by atoms with Crippen molar-refractivity contribution in [2.45, 2.75) is 6.42 Å². The Morgan fingerprint density at radius 3 is 2.26 bits per heavy atom. The van der Waals surface area contributed by atoms with Crippen LogP contribution < -0.4 is 15.0 Å². The molecule has 1 N–H and O–H groups in total. The van der Waals surface area contributed by atoms with Crippen molar-refractivity contribution in [2.75, 3.05) is 25.1 Å². The van der Waals surface area contributed by atoms with Gasteiger partial charge in [0.25, 0.3) is 0 Å². The first-order valence-corrected chi connectivity index (χ1v) is 7.43. The third-order valence-electron chi connectivity index (χ3n) is 3.30. The second-order valence-electron chi connectivity index (χ2n) is 4.98. The molecule has 0 radical (unpaired) electrons. The maximum atomic E-state index is 12.0. The molecule has 2 rings (SSSR count). The number of para-hydroxylation sites is 2. The summed E-state index contributed by atoms with van der Waals surface area (Å²) in [6.07, 6.45) is 0.206. The monoisotopic (exact) mass is 312 g/mol. The predicted molar refractivity (Wildman–Crippen MR) is 89.4 cm³/mol. The van der Waals surface area contributed by atoms with Gasteiger partial charge >= 0.3 is 0 Å². The molecule has 120 valence electrons. The second-order valence-corrected chi connectivity index (χ2v) is 4.98. The van der Waals surface area contributed by atoms with Gasteiger partial charge in [0.1, 0.15) is 5.75 Å². The maximum Gasteiger partial charge on any atom is 0.246 e. The van der Waals surface area contributed by atoms with E-state index in [1.165, 1.54) is 4.90 Å². The SMILES string of the molecule is CN(C(=O)CNC(=O)CCOc1ccccc1)c1ccccc1. The van der Waals surface area contributed by atoms with Crippen molar-refractivity contribution in [3.8, 4) is 5.75 Å². The van der Waals surface area contributed by atoms with Crippen LogP contribution in [-0.2, 0) is 9.59 Å². The summed E-state index contributed by atoms with van der Waals surface area (Å²) in [4.78, 5) is 25.3. The zero-order valence-corrected chi connectivity index (χ0v) is 13.1. The normalized spacial score (nSPS) is 9.96. The molecule has 0 atom stereocenters. The minimum Gasteiger partial charge on any atom is -0.493 e. The highest BCUT2D eigenvalue weighted by molar-refractivity contribution is 5.96. The lowest BCUT2D eigenvalue weighted by Crippen LogP contribution is -2.38. The lowest BCUT2D eigenvalue weighted by molar-refractivity contribution is -0.125. The third kappa shape index (κ3) is 5.47. The smallest absolute Gasteiger partial charge is 0.246 e. The van der Waals surface area contributed by atoms with Crippen molar-refractivity contribution in [3.05, 3.63) is 60.7 Å². The van der Waals surface area contributed by atoms with Gasteiger partial charge in [-0.15, -0.1) is 0 Å². The molecule has 2 aromatic rings. The van der Waals surface area contributed by atoms with Crippen LogP contribution in [0.5, 0.6) is 5.75 Å². The molecule has 0 saturated carbocycles. The Labute approximate surface area is 135 Å². The van der Waals surface area contributed by atoms with Crippen LogP contribution in [0.3, 0.4) is 0 Å². The number of benzene rings is 2. The van der Waals surface area contributed by atoms with Crippen molar-refractivity contribution in [2.24, 2.45) is 0 Å². The number of hydrogen-bond donors (Lipinski definition) is 1. The van der Waals surface area contributed by atoms with E-state index in [9.17, 15) is 9.59 Å². The minimum absolute atomic E-state index is 0.0322. The van der Waals surface area contributed by atoms with Gasteiger partial charge in [-0.3, -0.25) is 9.59 Å². The number of anilines is 1. The van der Waals surface area contributed by atoms with Gasteiger partial charge in [0.2, 0.25) is 11.8 Å². The fourth-order valence-electron chi connectivity index (χ4n) is 1.96. The highest BCUT2D eigenvalue weighted by Crippen LogP contribution is 2.10. The molecule has 0 aliphatic heterocycles. The summed E-state index contributed by atoms with van der Waals surface area (Å²) in [5.74, 6) is 0.337. The highest BCUT2D eigenvalue weighted by atomic mass is 16.5. The van der Waals surface area contributed by atoms with Crippen LogP contribution in [0.15, 0.2) is 60.7 Å². The fourth-order valence-corrected chi connectivity index (χ4v) is 1.96. The van der Waals surface area contributed by atoms with E-state index >= 15 is 0 Å². The van der Waals surface area contributed by atoms with Gasteiger partial charge in [-0.1, -0.05) is 36.4 Å². The molecule has 0 heterocycles. The van der Waals surface area contributed by atoms with Gasteiger partial charge in [0.15, 0.2) is 0 Å². The first kappa shape index (κ1) is 16.5. The average Bonchev–Trinajstić information content (AvgIpc) is 2.60. The van der Waals surface area contributed by atoms with Crippen molar-refractivity contribution in [1.82, 2.24) is 5.32 Å². The summed E-state index contributed by atoms with van der Waals surface area (Å²) in [7, 11) is 1.68. The first-order valence-electron chi connectivity index (χ1n) is 7.43. The Hall–Kier alpha value is -2.82. The number of nitrogens with one attached hydrogen (secondary N) is 1. The summed E-state index contributed by atoms with van der Waals surface area (Å²) in [5.41, 5.74) is 0.791. The quantitative estimate of drug-likeness (QED) is 0.853. The van der Waals surface area contributed by atoms with E-state index < -0.39 is 0 Å². The van der Waals surface area contributed by atoms with Gasteiger partial charge < -0.3 is 15.0 Å². The Bertz CT molecular complexity index is 629. The maximum absolute atomic E-state index is 12.0. The van der Waals surface area contributed by atoms with Crippen LogP contribution in [0.2, 0.25) is 0 Å². The molecular weight excluding hydrogens is 292 g/mol. The summed E-state index contributed by atoms with van der Waals surface area (Å²) in [5, 5.41) is 2.61. The van der Waals surface area contributed by atoms with E-state index in [1.54, 1.807) is 7.05 Å². The molecule has 0 bridgehead atoms. The molecule has 0 aliphatic carbocycles. The summed E-state index contributed by atoms with van der Waals surface area (Å²) >= 11 is 0. The van der Waals surface area contributed by atoms with E-state index in [2.05, 4.69) is 5.32 Å². The number of hydrogen-bond acceptors (Lipinski definition) is 3. The number of likely N-dealkylation sites (N-methyl/N-ethyl adjacent to an activating group) is 1. The minimum atomic E-state index is -0.212. The lowest BCUT2D eigenvalue weighted by Gasteiger charge is -2.17. The molecule has 0 saturated heterocycles. The molecule has 2 aromatic carbocycles. The topological polar surface area (TPSA) is 58.6 Å². The molecule has 23 heavy (non-hydrogen) atoms. The molecule has 0 spiro atoms. The van der Waals surface area contributed by atoms with E-state index in [-0.39, 0.29) is 31.4 Å². The van der Waals surface area contributed by atoms with Gasteiger partial charge in [-0.05, 0) is 24.3 Å². The van der Waals surface area contributed by atoms with Crippen LogP contribution in [0.25, 0.3) is 0 Å². The number of amides is 2. The fraction of sp³-hybridized carbons (Fsp3) is 0.222. The zero-order valence-electron chi connectivity index (χ0n) is 13.1. The van der Waals surface area contributed by atoms with Crippen LogP contribution in [0, 0.1) is 0 Å². The molecule has 0 fully saturated rings. The molecule has 5 heteroatoms. The summed E-state index contributed by atoms with van der Waals surface area (Å²) in [6.45, 7) is 0.244. The first-order chi connectivity index (χ1) is 11.2. The van der Waals surface area contributed by atoms with Gasteiger partial charge in [-0.2, -0.15) is 0 Å². The van der Waals surface area contributed by atoms with Gasteiger partial charge in [-0.25, -0.2) is 0 Å². The average molecular weight is 312 g/mol. The molecular formula is C18H20N2O3. The van der Waals surface area contributed by atoms with E-state index in [1.807, 2.05) is 60.7 Å². The zero-order chi connectivity index (χ0) is 16.5.